The number of nitrogens with zero attached hydrogens (tertiary/aromatic N) is 5. The molecule has 3 aromatic rings. The van der Waals surface area contributed by atoms with Crippen LogP contribution in [0.4, 0.5) is 5.95 Å². The van der Waals surface area contributed by atoms with E-state index < -0.39 is 0 Å². The van der Waals surface area contributed by atoms with Crippen molar-refractivity contribution in [1.29, 1.82) is 0 Å². The largest absolute Gasteiger partial charge is 0.494 e. The second kappa shape index (κ2) is 8.83. The Morgan fingerprint density at radius 3 is 2.52 bits per heavy atom. The van der Waals surface area contributed by atoms with E-state index in [1.54, 1.807) is 19.3 Å². The predicted octanol–water partition coefficient (Wildman–Crippen LogP) is 4.81. The number of halogens is 1. The van der Waals surface area contributed by atoms with Crippen molar-refractivity contribution >= 4 is 17.5 Å². The predicted molar refractivity (Wildman–Crippen MR) is 118 cm³/mol. The van der Waals surface area contributed by atoms with Crippen molar-refractivity contribution in [3.63, 3.8) is 0 Å². The van der Waals surface area contributed by atoms with Crippen LogP contribution >= 0.6 is 11.6 Å². The van der Waals surface area contributed by atoms with Crippen LogP contribution in [0.1, 0.15) is 31.6 Å². The van der Waals surface area contributed by atoms with Gasteiger partial charge >= 0.3 is 0 Å². The second-order valence-corrected chi connectivity index (χ2v) is 8.91. The Hall–Kier alpha value is -2.67. The SMILES string of the molecule is Cc1nnc(-c2ccc(OCC[C@H]3C[C@H]3C3CCN(c4ncc(Cl)cn4)CC3)cc2)o1. The molecule has 1 saturated heterocycles. The standard InChI is InChI=1S/C23H26ClN5O2/c1-15-27-28-22(31-15)17-2-4-20(5-3-17)30-11-8-18-12-21(18)16-6-9-29(10-7-16)23-25-13-19(24)14-26-23/h2-5,13-14,16,18,21H,6-12H2,1H3/t18-,21-/m0/s1. The summed E-state index contributed by atoms with van der Waals surface area (Å²) in [6, 6.07) is 7.85. The van der Waals surface area contributed by atoms with Gasteiger partial charge in [-0.05, 0) is 67.7 Å². The quantitative estimate of drug-likeness (QED) is 0.522. The van der Waals surface area contributed by atoms with E-state index in [-0.39, 0.29) is 0 Å². The van der Waals surface area contributed by atoms with E-state index in [9.17, 15) is 0 Å². The molecule has 1 aliphatic carbocycles. The fraction of sp³-hybridized carbons (Fsp3) is 0.478. The molecule has 1 aliphatic heterocycles. The maximum absolute atomic E-state index is 5.97. The van der Waals surface area contributed by atoms with E-state index in [2.05, 4.69) is 25.1 Å². The highest BCUT2D eigenvalue weighted by Crippen LogP contribution is 2.49. The number of hydrogen-bond donors (Lipinski definition) is 0. The van der Waals surface area contributed by atoms with Crippen molar-refractivity contribution in [3.05, 3.63) is 47.6 Å². The van der Waals surface area contributed by atoms with Gasteiger partial charge < -0.3 is 14.1 Å². The first-order chi connectivity index (χ1) is 15.2. The number of hydrogen-bond acceptors (Lipinski definition) is 7. The summed E-state index contributed by atoms with van der Waals surface area (Å²) >= 11 is 5.89. The molecule has 2 aliphatic rings. The summed E-state index contributed by atoms with van der Waals surface area (Å²) in [6.07, 6.45) is 8.23. The van der Waals surface area contributed by atoms with Crippen molar-refractivity contribution in [2.75, 3.05) is 24.6 Å². The van der Waals surface area contributed by atoms with Gasteiger partial charge in [0.2, 0.25) is 17.7 Å². The van der Waals surface area contributed by atoms with Gasteiger partial charge in [0.1, 0.15) is 5.75 Å². The van der Waals surface area contributed by atoms with Gasteiger partial charge in [0, 0.05) is 25.6 Å². The number of ether oxygens (including phenoxy) is 1. The number of rotatable bonds is 7. The summed E-state index contributed by atoms with van der Waals surface area (Å²) in [5.74, 6) is 5.24. The molecule has 0 spiro atoms. The van der Waals surface area contributed by atoms with Crippen LogP contribution in [0.2, 0.25) is 5.02 Å². The van der Waals surface area contributed by atoms with Crippen LogP contribution in [0.15, 0.2) is 41.1 Å². The molecular weight excluding hydrogens is 414 g/mol. The fourth-order valence-electron chi connectivity index (χ4n) is 4.61. The van der Waals surface area contributed by atoms with Gasteiger partial charge in [-0.1, -0.05) is 11.6 Å². The summed E-state index contributed by atoms with van der Waals surface area (Å²) in [7, 11) is 0. The van der Waals surface area contributed by atoms with Gasteiger partial charge in [0.25, 0.3) is 0 Å². The molecule has 162 valence electrons. The number of benzene rings is 1. The molecule has 0 amide bonds. The van der Waals surface area contributed by atoms with Gasteiger partial charge in [0.15, 0.2) is 0 Å². The van der Waals surface area contributed by atoms with E-state index in [1.807, 2.05) is 24.3 Å². The van der Waals surface area contributed by atoms with Crippen molar-refractivity contribution in [2.45, 2.75) is 32.6 Å². The Labute approximate surface area is 186 Å². The summed E-state index contributed by atoms with van der Waals surface area (Å²) in [4.78, 5) is 11.0. The molecule has 0 unspecified atom stereocenters. The molecule has 1 aromatic carbocycles. The lowest BCUT2D eigenvalue weighted by Crippen LogP contribution is -2.35. The van der Waals surface area contributed by atoms with Crippen molar-refractivity contribution in [3.8, 4) is 17.2 Å². The van der Waals surface area contributed by atoms with Crippen LogP contribution in [0.3, 0.4) is 0 Å². The monoisotopic (exact) mass is 439 g/mol. The summed E-state index contributed by atoms with van der Waals surface area (Å²) in [6.45, 7) is 4.60. The molecule has 8 heteroatoms. The van der Waals surface area contributed by atoms with Crippen molar-refractivity contribution < 1.29 is 9.15 Å². The molecule has 2 fully saturated rings. The van der Waals surface area contributed by atoms with Crippen LogP contribution in [-0.2, 0) is 0 Å². The minimum atomic E-state index is 0.540. The second-order valence-electron chi connectivity index (χ2n) is 8.47. The minimum Gasteiger partial charge on any atom is -0.494 e. The van der Waals surface area contributed by atoms with Gasteiger partial charge in [-0.25, -0.2) is 9.97 Å². The molecule has 7 nitrogen and oxygen atoms in total. The Kier molecular flexibility index (Phi) is 5.76. The van der Waals surface area contributed by atoms with Crippen molar-refractivity contribution in [2.24, 2.45) is 17.8 Å². The minimum absolute atomic E-state index is 0.540. The van der Waals surface area contributed by atoms with E-state index in [0.717, 1.165) is 61.1 Å². The topological polar surface area (TPSA) is 77.2 Å². The average Bonchev–Trinajstić information content (AvgIpc) is 3.44. The van der Waals surface area contributed by atoms with E-state index in [0.29, 0.717) is 16.8 Å². The normalized spacial score (nSPS) is 21.3. The van der Waals surface area contributed by atoms with Gasteiger partial charge in [-0.3, -0.25) is 0 Å². The van der Waals surface area contributed by atoms with Crippen LogP contribution in [0.25, 0.3) is 11.5 Å². The molecule has 2 atom stereocenters. The Morgan fingerprint density at radius 2 is 1.84 bits per heavy atom. The zero-order chi connectivity index (χ0) is 21.2. The smallest absolute Gasteiger partial charge is 0.247 e. The average molecular weight is 440 g/mol. The summed E-state index contributed by atoms with van der Waals surface area (Å²) in [5, 5.41) is 8.50. The number of aromatic nitrogens is 4. The van der Waals surface area contributed by atoms with Gasteiger partial charge in [-0.15, -0.1) is 10.2 Å². The number of anilines is 1. The first-order valence-corrected chi connectivity index (χ1v) is 11.3. The fourth-order valence-corrected chi connectivity index (χ4v) is 4.71. The van der Waals surface area contributed by atoms with Gasteiger partial charge in [0.05, 0.1) is 24.0 Å². The van der Waals surface area contributed by atoms with Crippen molar-refractivity contribution in [1.82, 2.24) is 20.2 Å². The van der Waals surface area contributed by atoms with Gasteiger partial charge in [-0.2, -0.15) is 0 Å². The number of piperidine rings is 1. The van der Waals surface area contributed by atoms with E-state index in [4.69, 9.17) is 20.8 Å². The highest BCUT2D eigenvalue weighted by Gasteiger charge is 2.43. The Bertz CT molecular complexity index is 1000. The Balaban J connectivity index is 1.03. The summed E-state index contributed by atoms with van der Waals surface area (Å²) in [5.41, 5.74) is 0.908. The highest BCUT2D eigenvalue weighted by molar-refractivity contribution is 6.30. The third kappa shape index (κ3) is 4.82. The zero-order valence-electron chi connectivity index (χ0n) is 17.6. The maximum atomic E-state index is 5.97. The molecule has 2 aromatic heterocycles. The third-order valence-corrected chi connectivity index (χ3v) is 6.59. The molecule has 0 bridgehead atoms. The van der Waals surface area contributed by atoms with E-state index >= 15 is 0 Å². The lowest BCUT2D eigenvalue weighted by atomic mass is 9.90. The lowest BCUT2D eigenvalue weighted by molar-refractivity contribution is 0.284. The maximum Gasteiger partial charge on any atom is 0.247 e. The first kappa shape index (κ1) is 20.2. The molecule has 0 N–H and O–H groups in total. The highest BCUT2D eigenvalue weighted by atomic mass is 35.5. The Morgan fingerprint density at radius 1 is 1.10 bits per heavy atom. The zero-order valence-corrected chi connectivity index (χ0v) is 18.3. The van der Waals surface area contributed by atoms with Crippen LogP contribution in [0, 0.1) is 24.7 Å². The molecule has 1 saturated carbocycles. The van der Waals surface area contributed by atoms with E-state index in [1.165, 1.54) is 19.3 Å². The molecule has 5 rings (SSSR count). The third-order valence-electron chi connectivity index (χ3n) is 6.40. The summed E-state index contributed by atoms with van der Waals surface area (Å²) < 4.78 is 11.4. The van der Waals surface area contributed by atoms with Crippen LogP contribution in [0.5, 0.6) is 5.75 Å². The molecule has 3 heterocycles. The molecule has 0 radical (unpaired) electrons. The number of aryl methyl sites for hydroxylation is 1. The first-order valence-electron chi connectivity index (χ1n) is 10.9. The van der Waals surface area contributed by atoms with Crippen LogP contribution < -0.4 is 9.64 Å². The molecule has 31 heavy (non-hydrogen) atoms. The van der Waals surface area contributed by atoms with Crippen LogP contribution in [-0.4, -0.2) is 39.9 Å². The molecular formula is C23H26ClN5O2. The lowest BCUT2D eigenvalue weighted by Gasteiger charge is -2.32.